The van der Waals surface area contributed by atoms with Crippen molar-refractivity contribution in [3.05, 3.63) is 41.9 Å². The van der Waals surface area contributed by atoms with Crippen molar-refractivity contribution in [2.75, 3.05) is 33.4 Å². The molecule has 0 unspecified atom stereocenters. The van der Waals surface area contributed by atoms with E-state index in [0.717, 1.165) is 41.9 Å². The zero-order chi connectivity index (χ0) is 23.2. The zero-order valence-electron chi connectivity index (χ0n) is 20.0. The van der Waals surface area contributed by atoms with Gasteiger partial charge >= 0.3 is 0 Å². The lowest BCUT2D eigenvalue weighted by Gasteiger charge is -2.34. The first-order valence-corrected chi connectivity index (χ1v) is 11.9. The van der Waals surface area contributed by atoms with Crippen LogP contribution in [-0.4, -0.2) is 64.8 Å². The number of nitrogens with two attached hydrogens (primary N) is 1. The molecule has 2 fully saturated rings. The van der Waals surface area contributed by atoms with Gasteiger partial charge in [0.2, 0.25) is 5.88 Å². The van der Waals surface area contributed by atoms with Crippen molar-refractivity contribution in [2.24, 2.45) is 16.6 Å². The average molecular weight is 453 g/mol. The van der Waals surface area contributed by atoms with Gasteiger partial charge in [0.25, 0.3) is 0 Å². The molecule has 2 aromatic heterocycles. The van der Waals surface area contributed by atoms with Gasteiger partial charge in [0, 0.05) is 48.2 Å². The minimum Gasteiger partial charge on any atom is -0.481 e. The third-order valence-corrected chi connectivity index (χ3v) is 6.62. The fourth-order valence-corrected chi connectivity index (χ4v) is 4.57. The van der Waals surface area contributed by atoms with Crippen LogP contribution in [0.2, 0.25) is 0 Å². The van der Waals surface area contributed by atoms with Crippen LogP contribution in [0.5, 0.6) is 5.88 Å². The Bertz CT molecular complexity index is 971. The van der Waals surface area contributed by atoms with E-state index in [0.29, 0.717) is 36.8 Å². The zero-order valence-corrected chi connectivity index (χ0v) is 20.0. The predicted molar refractivity (Wildman–Crippen MR) is 131 cm³/mol. The maximum Gasteiger partial charge on any atom is 0.212 e. The van der Waals surface area contributed by atoms with E-state index >= 15 is 0 Å². The molecule has 0 atom stereocenters. The van der Waals surface area contributed by atoms with Gasteiger partial charge in [-0.05, 0) is 63.8 Å². The van der Waals surface area contributed by atoms with Crippen molar-refractivity contribution in [1.29, 1.82) is 0 Å². The van der Waals surface area contributed by atoms with Crippen LogP contribution in [0.4, 0.5) is 5.69 Å². The maximum absolute atomic E-state index is 6.57. The molecule has 0 radical (unpaired) electrons. The number of aliphatic imine (C=N–C) groups is 1. The smallest absolute Gasteiger partial charge is 0.212 e. The Kier molecular flexibility index (Phi) is 7.77. The highest BCUT2D eigenvalue weighted by atomic mass is 16.5. The van der Waals surface area contributed by atoms with Crippen molar-refractivity contribution in [3.8, 4) is 5.88 Å². The second-order valence-corrected chi connectivity index (χ2v) is 9.15. The topological polar surface area (TPSA) is 90.8 Å². The van der Waals surface area contributed by atoms with E-state index in [2.05, 4.69) is 35.0 Å². The lowest BCUT2D eigenvalue weighted by atomic mass is 9.96. The van der Waals surface area contributed by atoms with Crippen molar-refractivity contribution >= 4 is 17.1 Å². The molecule has 0 spiro atoms. The normalized spacial score (nSPS) is 21.4. The number of ether oxygens (including phenoxy) is 2. The fraction of sp³-hybridized carbons (Fsp3) is 0.560. The number of hydrogen-bond acceptors (Lipinski definition) is 7. The Morgan fingerprint density at radius 1 is 1.21 bits per heavy atom. The van der Waals surface area contributed by atoms with Crippen LogP contribution in [0.1, 0.15) is 45.1 Å². The van der Waals surface area contributed by atoms with Gasteiger partial charge in [-0.15, -0.1) is 0 Å². The number of likely N-dealkylation sites (tertiary alicyclic amines) is 1. The molecular formula is C25H36N6O2. The van der Waals surface area contributed by atoms with Gasteiger partial charge in [-0.25, -0.2) is 9.98 Å². The first-order chi connectivity index (χ1) is 16.0. The van der Waals surface area contributed by atoms with Gasteiger partial charge < -0.3 is 20.1 Å². The molecule has 0 aromatic carbocycles. The largest absolute Gasteiger partial charge is 0.481 e. The second-order valence-electron chi connectivity index (χ2n) is 9.15. The van der Waals surface area contributed by atoms with E-state index in [9.17, 15) is 0 Å². The average Bonchev–Trinajstić information content (AvgIpc) is 3.14. The van der Waals surface area contributed by atoms with Crippen molar-refractivity contribution in [2.45, 2.75) is 52.1 Å². The summed E-state index contributed by atoms with van der Waals surface area (Å²) in [7, 11) is 1.60. The van der Waals surface area contributed by atoms with Gasteiger partial charge in [-0.2, -0.15) is 5.10 Å². The van der Waals surface area contributed by atoms with Crippen LogP contribution in [0.15, 0.2) is 41.3 Å². The highest BCUT2D eigenvalue weighted by Crippen LogP contribution is 2.25. The Hall–Kier alpha value is -2.71. The molecule has 33 heavy (non-hydrogen) atoms. The second kappa shape index (κ2) is 10.9. The van der Waals surface area contributed by atoms with Crippen LogP contribution < -0.4 is 10.5 Å². The molecule has 2 N–H and O–H groups in total. The lowest BCUT2D eigenvalue weighted by Crippen LogP contribution is -2.39. The van der Waals surface area contributed by atoms with Gasteiger partial charge in [0.05, 0.1) is 32.7 Å². The van der Waals surface area contributed by atoms with E-state index in [1.165, 1.54) is 25.9 Å². The number of piperidine rings is 1. The summed E-state index contributed by atoms with van der Waals surface area (Å²) in [5, 5.41) is 4.59. The number of methoxy groups -OCH3 is 1. The third-order valence-electron chi connectivity index (χ3n) is 6.62. The number of nitrogens with zero attached hydrogens (tertiary/aromatic N) is 5. The van der Waals surface area contributed by atoms with Gasteiger partial charge in [-0.3, -0.25) is 4.68 Å². The molecular weight excluding hydrogens is 416 g/mol. The first-order valence-electron chi connectivity index (χ1n) is 11.9. The molecule has 8 heteroatoms. The van der Waals surface area contributed by atoms with E-state index < -0.39 is 0 Å². The number of pyridine rings is 1. The first kappa shape index (κ1) is 23.4. The van der Waals surface area contributed by atoms with Crippen molar-refractivity contribution in [1.82, 2.24) is 19.7 Å². The molecule has 4 rings (SSSR count). The number of rotatable bonds is 6. The molecule has 0 bridgehead atoms. The fourth-order valence-electron chi connectivity index (χ4n) is 4.57. The van der Waals surface area contributed by atoms with E-state index in [-0.39, 0.29) is 0 Å². The summed E-state index contributed by atoms with van der Waals surface area (Å²) in [6, 6.07) is 4.38. The van der Waals surface area contributed by atoms with Crippen molar-refractivity contribution in [3.63, 3.8) is 0 Å². The van der Waals surface area contributed by atoms with Crippen LogP contribution in [0.3, 0.4) is 0 Å². The molecule has 2 aromatic rings. The molecule has 0 saturated carbocycles. The summed E-state index contributed by atoms with van der Waals surface area (Å²) in [5.41, 5.74) is 11.0. The third kappa shape index (κ3) is 6.00. The van der Waals surface area contributed by atoms with E-state index in [4.69, 9.17) is 20.2 Å². The Labute approximate surface area is 196 Å². The summed E-state index contributed by atoms with van der Waals surface area (Å²) >= 11 is 0. The predicted octanol–water partition coefficient (Wildman–Crippen LogP) is 3.66. The van der Waals surface area contributed by atoms with Crippen molar-refractivity contribution < 1.29 is 9.47 Å². The lowest BCUT2D eigenvalue weighted by molar-refractivity contribution is 0.140. The summed E-state index contributed by atoms with van der Waals surface area (Å²) in [4.78, 5) is 11.8. The highest BCUT2D eigenvalue weighted by Gasteiger charge is 2.22. The monoisotopic (exact) mass is 452 g/mol. The molecule has 4 heterocycles. The molecule has 2 saturated heterocycles. The Morgan fingerprint density at radius 3 is 2.70 bits per heavy atom. The summed E-state index contributed by atoms with van der Waals surface area (Å²) in [5.74, 6) is 1.23. The summed E-state index contributed by atoms with van der Waals surface area (Å²) < 4.78 is 12.9. The molecule has 0 aliphatic carbocycles. The highest BCUT2D eigenvalue weighted by molar-refractivity contribution is 6.07. The van der Waals surface area contributed by atoms with Crippen LogP contribution in [0, 0.1) is 5.92 Å². The molecule has 178 valence electrons. The Morgan fingerprint density at radius 2 is 2.00 bits per heavy atom. The minimum atomic E-state index is 0.567. The van der Waals surface area contributed by atoms with Gasteiger partial charge in [-0.1, -0.05) is 0 Å². The van der Waals surface area contributed by atoms with Crippen LogP contribution in [0.25, 0.3) is 5.70 Å². The van der Waals surface area contributed by atoms with Gasteiger partial charge in [0.15, 0.2) is 0 Å². The molecule has 2 aliphatic heterocycles. The van der Waals surface area contributed by atoms with Crippen LogP contribution >= 0.6 is 0 Å². The standard InChI is InChI=1S/C25H36N6O2/c1-18(2)30-10-6-19(7-11-30)16-31-17-21(15-28-31)29-23-9-13-33-12-8-22(23)25(26)20-4-5-24(32-3)27-14-20/h4-5,14-15,17-19H,6-13,16,26H2,1-3H3. The van der Waals surface area contributed by atoms with E-state index in [1.807, 2.05) is 23.0 Å². The SMILES string of the molecule is COc1ccc(C(N)=C2CCOCCC2=Nc2cnn(CC3CCN(C(C)C)CC3)c2)cn1. The quantitative estimate of drug-likeness (QED) is 0.719. The molecule has 8 nitrogen and oxygen atoms in total. The molecule has 2 aliphatic rings. The van der Waals surface area contributed by atoms with Gasteiger partial charge in [0.1, 0.15) is 5.69 Å². The minimum absolute atomic E-state index is 0.567. The maximum atomic E-state index is 6.57. The number of aromatic nitrogens is 3. The Balaban J connectivity index is 1.49. The van der Waals surface area contributed by atoms with Crippen LogP contribution in [-0.2, 0) is 11.3 Å². The number of hydrogen-bond donors (Lipinski definition) is 1. The summed E-state index contributed by atoms with van der Waals surface area (Å²) in [6.07, 6.45) is 9.53. The summed E-state index contributed by atoms with van der Waals surface area (Å²) in [6.45, 7) is 9.12. The van der Waals surface area contributed by atoms with E-state index in [1.54, 1.807) is 13.3 Å². The molecule has 0 amide bonds.